The van der Waals surface area contributed by atoms with Gasteiger partial charge in [-0.3, -0.25) is 9.78 Å². The molecular weight excluding hydrogens is 206 g/mol. The summed E-state index contributed by atoms with van der Waals surface area (Å²) in [5, 5.41) is 11.8. The lowest BCUT2D eigenvalue weighted by Crippen LogP contribution is -2.36. The Bertz CT molecular complexity index is 377. The molecule has 1 aromatic rings. The van der Waals surface area contributed by atoms with Gasteiger partial charge in [-0.1, -0.05) is 13.8 Å². The molecule has 0 aliphatic carbocycles. The molecule has 0 fully saturated rings. The van der Waals surface area contributed by atoms with Gasteiger partial charge in [0.15, 0.2) is 0 Å². The van der Waals surface area contributed by atoms with E-state index < -0.39 is 0 Å². The summed E-state index contributed by atoms with van der Waals surface area (Å²) in [6.45, 7) is 4.15. The monoisotopic (exact) mass is 223 g/mol. The van der Waals surface area contributed by atoms with Crippen LogP contribution in [-0.2, 0) is 0 Å². The van der Waals surface area contributed by atoms with E-state index in [-0.39, 0.29) is 17.9 Å². The Hall–Kier alpha value is -1.62. The molecule has 1 aromatic heterocycles. The third kappa shape index (κ3) is 3.51. The molecular formula is C11H17N3O2. The summed E-state index contributed by atoms with van der Waals surface area (Å²) in [7, 11) is 0. The summed E-state index contributed by atoms with van der Waals surface area (Å²) in [5.41, 5.74) is 6.07. The van der Waals surface area contributed by atoms with Crippen molar-refractivity contribution < 1.29 is 9.90 Å². The van der Waals surface area contributed by atoms with Crippen molar-refractivity contribution in [3.05, 3.63) is 24.0 Å². The van der Waals surface area contributed by atoms with E-state index >= 15 is 0 Å². The minimum Gasteiger partial charge on any atom is -0.397 e. The molecule has 0 aliphatic heterocycles. The molecule has 1 rings (SSSR count). The van der Waals surface area contributed by atoms with Crippen molar-refractivity contribution >= 4 is 11.6 Å². The molecule has 0 aromatic carbocycles. The number of nitrogens with zero attached hydrogens (tertiary/aromatic N) is 1. The van der Waals surface area contributed by atoms with E-state index in [9.17, 15) is 4.79 Å². The number of nitrogen functional groups attached to an aromatic ring is 1. The van der Waals surface area contributed by atoms with Gasteiger partial charge < -0.3 is 16.2 Å². The fourth-order valence-electron chi connectivity index (χ4n) is 1.06. The first-order valence-corrected chi connectivity index (χ1v) is 5.04. The highest BCUT2D eigenvalue weighted by atomic mass is 16.3. The van der Waals surface area contributed by atoms with Crippen molar-refractivity contribution in [3.8, 4) is 0 Å². The Morgan fingerprint density at radius 1 is 1.56 bits per heavy atom. The molecule has 1 amide bonds. The van der Waals surface area contributed by atoms with Crippen LogP contribution < -0.4 is 11.1 Å². The van der Waals surface area contributed by atoms with Crippen LogP contribution in [0.25, 0.3) is 0 Å². The molecule has 5 nitrogen and oxygen atoms in total. The highest BCUT2D eigenvalue weighted by Gasteiger charge is 2.18. The molecule has 0 atom stereocenters. The number of nitrogens with one attached hydrogen (secondary N) is 1. The van der Waals surface area contributed by atoms with Crippen LogP contribution >= 0.6 is 0 Å². The van der Waals surface area contributed by atoms with Crippen molar-refractivity contribution in [2.75, 3.05) is 18.9 Å². The van der Waals surface area contributed by atoms with Crippen molar-refractivity contribution in [3.63, 3.8) is 0 Å². The molecule has 0 spiro atoms. The van der Waals surface area contributed by atoms with Gasteiger partial charge in [0.1, 0.15) is 0 Å². The van der Waals surface area contributed by atoms with E-state index in [4.69, 9.17) is 10.8 Å². The maximum Gasteiger partial charge on any atom is 0.252 e. The second-order valence-electron chi connectivity index (χ2n) is 4.51. The van der Waals surface area contributed by atoms with Crippen molar-refractivity contribution in [1.29, 1.82) is 0 Å². The van der Waals surface area contributed by atoms with E-state index in [2.05, 4.69) is 10.3 Å². The highest BCUT2D eigenvalue weighted by Crippen LogP contribution is 2.12. The summed E-state index contributed by atoms with van der Waals surface area (Å²) in [6.07, 6.45) is 2.94. The zero-order valence-electron chi connectivity index (χ0n) is 9.53. The van der Waals surface area contributed by atoms with E-state index in [0.717, 1.165) is 0 Å². The number of hydrogen-bond acceptors (Lipinski definition) is 4. The lowest BCUT2D eigenvalue weighted by Gasteiger charge is -2.21. The fourth-order valence-corrected chi connectivity index (χ4v) is 1.06. The lowest BCUT2D eigenvalue weighted by molar-refractivity contribution is 0.0910. The van der Waals surface area contributed by atoms with Crippen molar-refractivity contribution in [1.82, 2.24) is 10.3 Å². The SMILES string of the molecule is CC(C)(CO)CNC(=O)c1cncc(N)c1. The molecule has 88 valence electrons. The lowest BCUT2D eigenvalue weighted by atomic mass is 9.95. The number of hydrogen-bond donors (Lipinski definition) is 3. The second kappa shape index (κ2) is 4.94. The molecule has 1 heterocycles. The van der Waals surface area contributed by atoms with Gasteiger partial charge in [0.25, 0.3) is 5.91 Å². The quantitative estimate of drug-likeness (QED) is 0.690. The predicted molar refractivity (Wildman–Crippen MR) is 61.8 cm³/mol. The standard InChI is InChI=1S/C11H17N3O2/c1-11(2,7-15)6-14-10(16)8-3-9(12)5-13-4-8/h3-5,15H,6-7,12H2,1-2H3,(H,14,16). The molecule has 4 N–H and O–H groups in total. The fraction of sp³-hybridized carbons (Fsp3) is 0.455. The second-order valence-corrected chi connectivity index (χ2v) is 4.51. The molecule has 0 aliphatic rings. The Morgan fingerprint density at radius 3 is 2.81 bits per heavy atom. The number of aliphatic hydroxyl groups is 1. The van der Waals surface area contributed by atoms with E-state index in [0.29, 0.717) is 17.8 Å². The average molecular weight is 223 g/mol. The van der Waals surface area contributed by atoms with Crippen LogP contribution in [0.2, 0.25) is 0 Å². The highest BCUT2D eigenvalue weighted by molar-refractivity contribution is 5.94. The van der Waals surface area contributed by atoms with E-state index in [1.54, 1.807) is 6.07 Å². The smallest absolute Gasteiger partial charge is 0.252 e. The van der Waals surface area contributed by atoms with Gasteiger partial charge in [0, 0.05) is 31.0 Å². The first-order valence-electron chi connectivity index (χ1n) is 5.04. The van der Waals surface area contributed by atoms with Crippen LogP contribution in [0.4, 0.5) is 5.69 Å². The van der Waals surface area contributed by atoms with Gasteiger partial charge >= 0.3 is 0 Å². The van der Waals surface area contributed by atoms with Gasteiger partial charge in [-0.05, 0) is 6.07 Å². The molecule has 16 heavy (non-hydrogen) atoms. The van der Waals surface area contributed by atoms with Crippen LogP contribution in [0.15, 0.2) is 18.5 Å². The van der Waals surface area contributed by atoms with Crippen LogP contribution in [0.3, 0.4) is 0 Å². The summed E-state index contributed by atoms with van der Waals surface area (Å²) in [4.78, 5) is 15.5. The minimum absolute atomic E-state index is 0.0163. The van der Waals surface area contributed by atoms with Gasteiger partial charge in [-0.2, -0.15) is 0 Å². The largest absolute Gasteiger partial charge is 0.397 e. The van der Waals surface area contributed by atoms with Crippen LogP contribution in [0.5, 0.6) is 0 Å². The molecule has 0 bridgehead atoms. The molecule has 0 radical (unpaired) electrons. The van der Waals surface area contributed by atoms with Crippen LogP contribution in [-0.4, -0.2) is 29.1 Å². The average Bonchev–Trinajstić information content (AvgIpc) is 2.26. The number of amides is 1. The molecule has 0 saturated heterocycles. The van der Waals surface area contributed by atoms with Gasteiger partial charge in [-0.25, -0.2) is 0 Å². The number of pyridine rings is 1. The number of aliphatic hydroxyl groups excluding tert-OH is 1. The Morgan fingerprint density at radius 2 is 2.25 bits per heavy atom. The van der Waals surface area contributed by atoms with Gasteiger partial charge in [0.05, 0.1) is 11.3 Å². The minimum atomic E-state index is -0.330. The van der Waals surface area contributed by atoms with Gasteiger partial charge in [0.2, 0.25) is 0 Å². The maximum absolute atomic E-state index is 11.7. The van der Waals surface area contributed by atoms with Crippen LogP contribution in [0.1, 0.15) is 24.2 Å². The summed E-state index contributed by atoms with van der Waals surface area (Å²) in [5.74, 6) is -0.235. The predicted octanol–water partition coefficient (Wildman–Crippen LogP) is 0.412. The summed E-state index contributed by atoms with van der Waals surface area (Å²) in [6, 6.07) is 1.56. The Balaban J connectivity index is 2.60. The number of carbonyl (C=O) groups is 1. The first kappa shape index (κ1) is 12.4. The van der Waals surface area contributed by atoms with E-state index in [1.807, 2.05) is 13.8 Å². The van der Waals surface area contributed by atoms with Crippen LogP contribution in [0, 0.1) is 5.41 Å². The number of carbonyl (C=O) groups excluding carboxylic acids is 1. The zero-order chi connectivity index (χ0) is 12.2. The molecule has 5 heteroatoms. The topological polar surface area (TPSA) is 88.2 Å². The Kier molecular flexibility index (Phi) is 3.84. The third-order valence-electron chi connectivity index (χ3n) is 2.18. The number of anilines is 1. The summed E-state index contributed by atoms with van der Waals surface area (Å²) < 4.78 is 0. The number of rotatable bonds is 4. The third-order valence-corrected chi connectivity index (χ3v) is 2.18. The zero-order valence-corrected chi connectivity index (χ0v) is 9.53. The first-order chi connectivity index (χ1) is 7.44. The van der Waals surface area contributed by atoms with Crippen molar-refractivity contribution in [2.24, 2.45) is 5.41 Å². The Labute approximate surface area is 94.7 Å². The van der Waals surface area contributed by atoms with Crippen molar-refractivity contribution in [2.45, 2.75) is 13.8 Å². The summed E-state index contributed by atoms with van der Waals surface area (Å²) >= 11 is 0. The van der Waals surface area contributed by atoms with E-state index in [1.165, 1.54) is 12.4 Å². The maximum atomic E-state index is 11.7. The van der Waals surface area contributed by atoms with Gasteiger partial charge in [-0.15, -0.1) is 0 Å². The number of aromatic nitrogens is 1. The molecule has 0 saturated carbocycles. The molecule has 0 unspecified atom stereocenters. The number of nitrogens with two attached hydrogens (primary N) is 1. The normalized spacial score (nSPS) is 11.2.